The number of aromatic nitrogens is 2. The third-order valence-corrected chi connectivity index (χ3v) is 4.82. The molecule has 0 unspecified atom stereocenters. The van der Waals surface area contributed by atoms with E-state index in [1.807, 2.05) is 6.92 Å². The fourth-order valence-electron chi connectivity index (χ4n) is 3.85. The molecule has 0 aliphatic heterocycles. The van der Waals surface area contributed by atoms with Crippen molar-refractivity contribution in [2.45, 2.75) is 66.0 Å². The minimum absolute atomic E-state index is 0.129. The molecule has 0 bridgehead atoms. The Morgan fingerprint density at radius 1 is 1.32 bits per heavy atom. The Labute approximate surface area is 149 Å². The van der Waals surface area contributed by atoms with E-state index in [0.29, 0.717) is 17.3 Å². The zero-order valence-corrected chi connectivity index (χ0v) is 15.6. The van der Waals surface area contributed by atoms with Crippen LogP contribution in [-0.4, -0.2) is 28.6 Å². The van der Waals surface area contributed by atoms with Gasteiger partial charge in [-0.15, -0.1) is 0 Å². The van der Waals surface area contributed by atoms with E-state index in [9.17, 15) is 8.78 Å². The molecule has 0 aromatic carbocycles. The van der Waals surface area contributed by atoms with E-state index in [-0.39, 0.29) is 12.4 Å². The summed E-state index contributed by atoms with van der Waals surface area (Å²) >= 11 is 0. The van der Waals surface area contributed by atoms with Gasteiger partial charge in [-0.1, -0.05) is 26.7 Å². The Hall–Kier alpha value is -1.66. The lowest BCUT2D eigenvalue weighted by Crippen LogP contribution is -2.43. The summed E-state index contributed by atoms with van der Waals surface area (Å²) in [6.07, 6.45) is 8.93. The second-order valence-electron chi connectivity index (χ2n) is 7.38. The molecule has 1 aromatic heterocycles. The Kier molecular flexibility index (Phi) is 7.20. The number of alkyl halides is 2. The monoisotopic (exact) mass is 355 g/mol. The van der Waals surface area contributed by atoms with Crippen molar-refractivity contribution < 1.29 is 8.78 Å². The van der Waals surface area contributed by atoms with E-state index in [0.717, 1.165) is 17.7 Å². The molecule has 25 heavy (non-hydrogen) atoms. The second-order valence-corrected chi connectivity index (χ2v) is 7.38. The number of nitrogens with zero attached hydrogens (tertiary/aromatic N) is 3. The lowest BCUT2D eigenvalue weighted by atomic mass is 9.78. The largest absolute Gasteiger partial charge is 0.357 e. The molecule has 1 aliphatic carbocycles. The van der Waals surface area contributed by atoms with Crippen molar-refractivity contribution in [3.63, 3.8) is 0 Å². The molecule has 7 heteroatoms. The van der Waals surface area contributed by atoms with Crippen molar-refractivity contribution in [3.8, 4) is 0 Å². The standard InChI is InChI=1S/C18H31F2N5/c1-4-21-17(23-12-15-22-9-10-25(15)16(19)20)24-13-18(11-14(2)3)7-5-6-8-18/h9-10,14,16H,4-8,11-13H2,1-3H3,(H2,21,23,24). The highest BCUT2D eigenvalue weighted by Crippen LogP contribution is 2.42. The lowest BCUT2D eigenvalue weighted by molar-refractivity contribution is 0.0671. The smallest absolute Gasteiger partial charge is 0.319 e. The summed E-state index contributed by atoms with van der Waals surface area (Å²) in [5, 5.41) is 6.64. The van der Waals surface area contributed by atoms with Gasteiger partial charge in [-0.2, -0.15) is 8.78 Å². The number of halogens is 2. The number of hydrogen-bond donors (Lipinski definition) is 2. The van der Waals surface area contributed by atoms with Gasteiger partial charge in [0.05, 0.1) is 0 Å². The first kappa shape index (κ1) is 19.7. The van der Waals surface area contributed by atoms with Gasteiger partial charge in [-0.05, 0) is 37.5 Å². The third-order valence-electron chi connectivity index (χ3n) is 4.82. The normalized spacial score (nSPS) is 17.5. The van der Waals surface area contributed by atoms with Gasteiger partial charge in [0.1, 0.15) is 12.4 Å². The average molecular weight is 355 g/mol. The molecular weight excluding hydrogens is 324 g/mol. The Bertz CT molecular complexity index is 547. The van der Waals surface area contributed by atoms with Gasteiger partial charge in [0.2, 0.25) is 0 Å². The van der Waals surface area contributed by atoms with Crippen LogP contribution < -0.4 is 10.6 Å². The van der Waals surface area contributed by atoms with Crippen LogP contribution in [0.5, 0.6) is 0 Å². The van der Waals surface area contributed by atoms with Gasteiger partial charge < -0.3 is 10.6 Å². The van der Waals surface area contributed by atoms with Gasteiger partial charge >= 0.3 is 6.55 Å². The molecule has 2 rings (SSSR count). The van der Waals surface area contributed by atoms with Crippen LogP contribution in [0, 0.1) is 11.3 Å². The van der Waals surface area contributed by atoms with Crippen molar-refractivity contribution in [2.75, 3.05) is 13.1 Å². The van der Waals surface area contributed by atoms with Crippen molar-refractivity contribution in [3.05, 3.63) is 18.2 Å². The third kappa shape index (κ3) is 5.68. The van der Waals surface area contributed by atoms with E-state index in [1.54, 1.807) is 0 Å². The maximum absolute atomic E-state index is 12.9. The molecule has 0 saturated heterocycles. The molecule has 0 amide bonds. The quantitative estimate of drug-likeness (QED) is 0.549. The number of nitrogens with one attached hydrogen (secondary N) is 2. The van der Waals surface area contributed by atoms with Crippen molar-refractivity contribution in [1.82, 2.24) is 20.2 Å². The fraction of sp³-hybridized carbons (Fsp3) is 0.778. The number of guanidine groups is 1. The zero-order valence-electron chi connectivity index (χ0n) is 15.6. The summed E-state index contributed by atoms with van der Waals surface area (Å²) in [5.41, 5.74) is 0.325. The van der Waals surface area contributed by atoms with Crippen molar-refractivity contribution in [1.29, 1.82) is 0 Å². The highest BCUT2D eigenvalue weighted by molar-refractivity contribution is 5.79. The number of hydrogen-bond acceptors (Lipinski definition) is 2. The van der Waals surface area contributed by atoms with E-state index in [1.165, 1.54) is 44.5 Å². The minimum Gasteiger partial charge on any atom is -0.357 e. The molecule has 2 N–H and O–H groups in total. The van der Waals surface area contributed by atoms with Crippen LogP contribution in [-0.2, 0) is 6.54 Å². The Morgan fingerprint density at radius 2 is 2.04 bits per heavy atom. The van der Waals surface area contributed by atoms with Crippen LogP contribution in [0.15, 0.2) is 17.4 Å². The molecule has 0 atom stereocenters. The number of rotatable bonds is 8. The van der Waals surface area contributed by atoms with Gasteiger partial charge in [-0.3, -0.25) is 4.57 Å². The summed E-state index contributed by atoms with van der Waals surface area (Å²) in [7, 11) is 0. The second kappa shape index (κ2) is 9.15. The van der Waals surface area contributed by atoms with Crippen LogP contribution in [0.3, 0.4) is 0 Å². The fourth-order valence-corrected chi connectivity index (χ4v) is 3.85. The molecule has 1 aromatic rings. The number of imidazole rings is 1. The van der Waals surface area contributed by atoms with Gasteiger partial charge in [0, 0.05) is 25.5 Å². The van der Waals surface area contributed by atoms with Gasteiger partial charge in [0.25, 0.3) is 0 Å². The molecule has 0 radical (unpaired) electrons. The van der Waals surface area contributed by atoms with E-state index in [4.69, 9.17) is 0 Å². The van der Waals surface area contributed by atoms with Gasteiger partial charge in [0.15, 0.2) is 5.96 Å². The Morgan fingerprint density at radius 3 is 2.64 bits per heavy atom. The summed E-state index contributed by atoms with van der Waals surface area (Å²) in [6.45, 7) is 5.68. The maximum Gasteiger partial charge on any atom is 0.319 e. The van der Waals surface area contributed by atoms with Crippen molar-refractivity contribution in [2.24, 2.45) is 16.3 Å². The predicted molar refractivity (Wildman–Crippen MR) is 96.7 cm³/mol. The highest BCUT2D eigenvalue weighted by atomic mass is 19.3. The molecule has 5 nitrogen and oxygen atoms in total. The van der Waals surface area contributed by atoms with E-state index < -0.39 is 6.55 Å². The summed E-state index contributed by atoms with van der Waals surface area (Å²) in [4.78, 5) is 8.43. The number of aliphatic imine (C=N–C) groups is 1. The minimum atomic E-state index is -2.59. The molecule has 1 aliphatic rings. The first-order valence-corrected chi connectivity index (χ1v) is 9.28. The molecule has 0 spiro atoms. The average Bonchev–Trinajstić information content (AvgIpc) is 3.19. The molecule has 1 heterocycles. The zero-order chi connectivity index (χ0) is 18.3. The van der Waals surface area contributed by atoms with Crippen LogP contribution in [0.1, 0.15) is 65.2 Å². The highest BCUT2D eigenvalue weighted by Gasteiger charge is 2.34. The lowest BCUT2D eigenvalue weighted by Gasteiger charge is -2.32. The summed E-state index contributed by atoms with van der Waals surface area (Å²) in [6, 6.07) is 0. The van der Waals surface area contributed by atoms with Crippen LogP contribution >= 0.6 is 0 Å². The maximum atomic E-state index is 12.9. The van der Waals surface area contributed by atoms with Gasteiger partial charge in [-0.25, -0.2) is 9.98 Å². The van der Waals surface area contributed by atoms with Crippen LogP contribution in [0.4, 0.5) is 8.78 Å². The molecule has 1 saturated carbocycles. The van der Waals surface area contributed by atoms with E-state index in [2.05, 4.69) is 34.5 Å². The first-order valence-electron chi connectivity index (χ1n) is 9.28. The molecule has 1 fully saturated rings. The molecule has 142 valence electrons. The van der Waals surface area contributed by atoms with Crippen molar-refractivity contribution >= 4 is 5.96 Å². The van der Waals surface area contributed by atoms with Crippen LogP contribution in [0.25, 0.3) is 0 Å². The Balaban J connectivity index is 2.00. The SMILES string of the molecule is CCNC(=NCc1nccn1C(F)F)NCC1(CC(C)C)CCCC1. The topological polar surface area (TPSA) is 54.2 Å². The summed E-state index contributed by atoms with van der Waals surface area (Å²) < 4.78 is 26.7. The molecular formula is C18H31F2N5. The van der Waals surface area contributed by atoms with E-state index >= 15 is 0 Å². The first-order chi connectivity index (χ1) is 12.0. The predicted octanol–water partition coefficient (Wildman–Crippen LogP) is 3.94. The van der Waals surface area contributed by atoms with Crippen LogP contribution in [0.2, 0.25) is 0 Å². The summed E-state index contributed by atoms with van der Waals surface area (Å²) in [5.74, 6) is 1.60.